The number of aryl methyl sites for hydroxylation is 2. The van der Waals surface area contributed by atoms with Crippen molar-refractivity contribution in [2.45, 2.75) is 45.8 Å². The zero-order valence-electron chi connectivity index (χ0n) is 15.5. The van der Waals surface area contributed by atoms with Crippen molar-refractivity contribution in [2.75, 3.05) is 7.11 Å². The van der Waals surface area contributed by atoms with E-state index >= 15 is 0 Å². The van der Waals surface area contributed by atoms with Crippen molar-refractivity contribution in [1.82, 2.24) is 5.32 Å². The summed E-state index contributed by atoms with van der Waals surface area (Å²) in [6, 6.07) is 11.5. The van der Waals surface area contributed by atoms with E-state index in [1.54, 1.807) is 7.11 Å². The predicted octanol–water partition coefficient (Wildman–Crippen LogP) is 4.34. The van der Waals surface area contributed by atoms with Crippen LogP contribution in [0.4, 0.5) is 0 Å². The minimum atomic E-state index is -0.345. The molecule has 1 atom stereocenters. The lowest BCUT2D eigenvalue weighted by molar-refractivity contribution is 0.0618. The normalized spacial score (nSPS) is 18.0. The van der Waals surface area contributed by atoms with Crippen molar-refractivity contribution in [1.29, 1.82) is 0 Å². The zero-order valence-corrected chi connectivity index (χ0v) is 15.5. The topological polar surface area (TPSA) is 47.6 Å². The first-order chi connectivity index (χ1) is 11.8. The number of fused-ring (bicyclic) bond motifs is 1. The highest BCUT2D eigenvalue weighted by molar-refractivity contribution is 5.96. The summed E-state index contributed by atoms with van der Waals surface area (Å²) in [4.78, 5) is 12.8. The Bertz CT molecular complexity index is 811. The van der Waals surface area contributed by atoms with Crippen molar-refractivity contribution in [2.24, 2.45) is 0 Å². The number of ether oxygens (including phenoxy) is 2. The maximum Gasteiger partial charge on any atom is 0.252 e. The van der Waals surface area contributed by atoms with E-state index in [2.05, 4.69) is 5.32 Å². The second-order valence-corrected chi connectivity index (χ2v) is 7.31. The molecule has 0 radical (unpaired) electrons. The van der Waals surface area contributed by atoms with E-state index in [1.807, 2.05) is 64.1 Å². The molecule has 0 unspecified atom stereocenters. The van der Waals surface area contributed by atoms with E-state index in [0.29, 0.717) is 12.0 Å². The average molecular weight is 339 g/mol. The molecule has 4 nitrogen and oxygen atoms in total. The van der Waals surface area contributed by atoms with Crippen LogP contribution in [0.5, 0.6) is 11.5 Å². The lowest BCUT2D eigenvalue weighted by Crippen LogP contribution is -2.41. The van der Waals surface area contributed by atoms with Gasteiger partial charge in [-0.1, -0.05) is 17.7 Å². The Kier molecular flexibility index (Phi) is 4.46. The molecule has 3 rings (SSSR count). The van der Waals surface area contributed by atoms with Crippen LogP contribution in [0.15, 0.2) is 36.4 Å². The van der Waals surface area contributed by atoms with Gasteiger partial charge in [0.15, 0.2) is 0 Å². The van der Waals surface area contributed by atoms with Crippen LogP contribution in [0.3, 0.4) is 0 Å². The third-order valence-electron chi connectivity index (χ3n) is 4.61. The summed E-state index contributed by atoms with van der Waals surface area (Å²) >= 11 is 0. The number of carbonyl (C=O) groups is 1. The third kappa shape index (κ3) is 3.63. The maximum atomic E-state index is 12.8. The summed E-state index contributed by atoms with van der Waals surface area (Å²) in [5.74, 6) is 1.49. The Morgan fingerprint density at radius 2 is 1.96 bits per heavy atom. The third-order valence-corrected chi connectivity index (χ3v) is 4.61. The molecule has 1 amide bonds. The van der Waals surface area contributed by atoms with Crippen molar-refractivity contribution >= 4 is 5.91 Å². The Morgan fingerprint density at radius 1 is 1.20 bits per heavy atom. The molecule has 1 aliphatic rings. The number of carbonyl (C=O) groups excluding carboxylic acids is 1. The van der Waals surface area contributed by atoms with Crippen LogP contribution >= 0.6 is 0 Å². The highest BCUT2D eigenvalue weighted by Crippen LogP contribution is 2.41. The molecule has 2 aromatic rings. The molecule has 0 saturated heterocycles. The first kappa shape index (κ1) is 17.3. The number of rotatable bonds is 3. The van der Waals surface area contributed by atoms with Crippen molar-refractivity contribution in [3.8, 4) is 11.5 Å². The quantitative estimate of drug-likeness (QED) is 0.904. The maximum absolute atomic E-state index is 12.8. The fraction of sp³-hybridized carbons (Fsp3) is 0.381. The van der Waals surface area contributed by atoms with E-state index in [1.165, 1.54) is 0 Å². The van der Waals surface area contributed by atoms with Gasteiger partial charge in [-0.05, 0) is 57.5 Å². The fourth-order valence-electron chi connectivity index (χ4n) is 3.39. The highest BCUT2D eigenvalue weighted by atomic mass is 16.5. The van der Waals surface area contributed by atoms with Gasteiger partial charge in [0.25, 0.3) is 5.91 Å². The molecule has 0 aliphatic carbocycles. The van der Waals surface area contributed by atoms with Crippen LogP contribution in [0.2, 0.25) is 0 Å². The van der Waals surface area contributed by atoms with Gasteiger partial charge in [-0.15, -0.1) is 0 Å². The number of hydrogen-bond acceptors (Lipinski definition) is 3. The lowest BCUT2D eigenvalue weighted by atomic mass is 9.89. The molecule has 0 spiro atoms. The van der Waals surface area contributed by atoms with Crippen LogP contribution in [-0.2, 0) is 0 Å². The molecule has 0 fully saturated rings. The second kappa shape index (κ2) is 6.43. The molecule has 1 heterocycles. The summed E-state index contributed by atoms with van der Waals surface area (Å²) in [5.41, 5.74) is 3.45. The van der Waals surface area contributed by atoms with Gasteiger partial charge < -0.3 is 14.8 Å². The molecule has 0 aromatic heterocycles. The van der Waals surface area contributed by atoms with E-state index < -0.39 is 0 Å². The van der Waals surface area contributed by atoms with Gasteiger partial charge >= 0.3 is 0 Å². The number of hydrogen-bond donors (Lipinski definition) is 1. The average Bonchev–Trinajstić information content (AvgIpc) is 2.53. The number of nitrogens with one attached hydrogen (secondary N) is 1. The zero-order chi connectivity index (χ0) is 18.2. The summed E-state index contributed by atoms with van der Waals surface area (Å²) < 4.78 is 11.4. The molecule has 0 bridgehead atoms. The summed E-state index contributed by atoms with van der Waals surface area (Å²) in [5, 5.41) is 3.18. The fourth-order valence-corrected chi connectivity index (χ4v) is 3.39. The van der Waals surface area contributed by atoms with Gasteiger partial charge in [0, 0.05) is 17.5 Å². The molecule has 132 valence electrons. The molecule has 1 aliphatic heterocycles. The van der Waals surface area contributed by atoms with Gasteiger partial charge in [-0.25, -0.2) is 0 Å². The molecular weight excluding hydrogens is 314 g/mol. The van der Waals surface area contributed by atoms with Crippen molar-refractivity contribution in [3.05, 3.63) is 58.7 Å². The number of benzene rings is 2. The number of methoxy groups -OCH3 is 1. The van der Waals surface area contributed by atoms with E-state index in [9.17, 15) is 4.79 Å². The van der Waals surface area contributed by atoms with Crippen LogP contribution in [-0.4, -0.2) is 18.6 Å². The van der Waals surface area contributed by atoms with Crippen LogP contribution in [0.1, 0.15) is 53.4 Å². The van der Waals surface area contributed by atoms with E-state index in [-0.39, 0.29) is 17.6 Å². The summed E-state index contributed by atoms with van der Waals surface area (Å²) in [6.45, 7) is 8.07. The van der Waals surface area contributed by atoms with Gasteiger partial charge in [0.05, 0.1) is 13.2 Å². The molecule has 0 saturated carbocycles. The first-order valence-electron chi connectivity index (χ1n) is 8.54. The second-order valence-electron chi connectivity index (χ2n) is 7.31. The van der Waals surface area contributed by atoms with Gasteiger partial charge in [0.1, 0.15) is 17.1 Å². The molecule has 2 aromatic carbocycles. The molecule has 4 heteroatoms. The predicted molar refractivity (Wildman–Crippen MR) is 98.4 cm³/mol. The van der Waals surface area contributed by atoms with Crippen molar-refractivity contribution in [3.63, 3.8) is 0 Å². The number of amides is 1. The molecular formula is C21H25NO3. The summed E-state index contributed by atoms with van der Waals surface area (Å²) in [7, 11) is 1.64. The largest absolute Gasteiger partial charge is 0.497 e. The van der Waals surface area contributed by atoms with Crippen LogP contribution in [0.25, 0.3) is 0 Å². The Balaban J connectivity index is 1.92. The minimum Gasteiger partial charge on any atom is -0.497 e. The Hall–Kier alpha value is -2.49. The summed E-state index contributed by atoms with van der Waals surface area (Å²) in [6.07, 6.45) is 0.698. The standard InChI is InChI=1S/C21H25NO3/c1-13-6-8-16(14(2)10-13)20(23)22-18-12-21(3,4)25-19-9-7-15(24-5)11-17(18)19/h6-11,18H,12H2,1-5H3,(H,22,23)/t18-/m1/s1. The highest BCUT2D eigenvalue weighted by Gasteiger charge is 2.35. The monoisotopic (exact) mass is 339 g/mol. The SMILES string of the molecule is COc1ccc2c(c1)[C@H](NC(=O)c1ccc(C)cc1C)CC(C)(C)O2. The van der Waals surface area contributed by atoms with Gasteiger partial charge in [-0.3, -0.25) is 4.79 Å². The lowest BCUT2D eigenvalue weighted by Gasteiger charge is -2.38. The van der Waals surface area contributed by atoms with Crippen molar-refractivity contribution < 1.29 is 14.3 Å². The van der Waals surface area contributed by atoms with E-state index in [0.717, 1.165) is 28.2 Å². The minimum absolute atomic E-state index is 0.0611. The smallest absolute Gasteiger partial charge is 0.252 e. The van der Waals surface area contributed by atoms with Crippen LogP contribution < -0.4 is 14.8 Å². The van der Waals surface area contributed by atoms with Gasteiger partial charge in [0.2, 0.25) is 0 Å². The molecule has 25 heavy (non-hydrogen) atoms. The van der Waals surface area contributed by atoms with Crippen LogP contribution in [0, 0.1) is 13.8 Å². The molecule has 1 N–H and O–H groups in total. The Labute approximate surface area is 149 Å². The Morgan fingerprint density at radius 3 is 2.64 bits per heavy atom. The first-order valence-corrected chi connectivity index (χ1v) is 8.54. The van der Waals surface area contributed by atoms with E-state index in [4.69, 9.17) is 9.47 Å². The van der Waals surface area contributed by atoms with Gasteiger partial charge in [-0.2, -0.15) is 0 Å².